The Balaban J connectivity index is 1.26. The highest BCUT2D eigenvalue weighted by atomic mass is 16.7. The number of ether oxygens (including phenoxy) is 2. The fourth-order valence-electron chi connectivity index (χ4n) is 4.57. The summed E-state index contributed by atoms with van der Waals surface area (Å²) in [5.74, 6) is 1.71. The number of nitrogens with zero attached hydrogens (tertiary/aromatic N) is 1. The molecule has 5 heteroatoms. The van der Waals surface area contributed by atoms with Crippen molar-refractivity contribution in [3.63, 3.8) is 0 Å². The van der Waals surface area contributed by atoms with E-state index in [9.17, 15) is 4.79 Å². The summed E-state index contributed by atoms with van der Waals surface area (Å²) in [4.78, 5) is 14.7. The molecule has 5 rings (SSSR count). The van der Waals surface area contributed by atoms with Crippen LogP contribution in [0.15, 0.2) is 41.0 Å². The minimum atomic E-state index is -0.592. The quantitative estimate of drug-likeness (QED) is 0.791. The van der Waals surface area contributed by atoms with Gasteiger partial charge in [-0.25, -0.2) is 0 Å². The van der Waals surface area contributed by atoms with Crippen molar-refractivity contribution in [2.24, 2.45) is 5.92 Å². The first-order chi connectivity index (χ1) is 13.2. The van der Waals surface area contributed by atoms with Gasteiger partial charge in [0.15, 0.2) is 0 Å². The highest BCUT2D eigenvalue weighted by molar-refractivity contribution is 5.79. The smallest absolute Gasteiger partial charge is 0.225 e. The zero-order valence-electron chi connectivity index (χ0n) is 15.5. The highest BCUT2D eigenvalue weighted by Crippen LogP contribution is 2.39. The lowest BCUT2D eigenvalue weighted by Crippen LogP contribution is -2.53. The summed E-state index contributed by atoms with van der Waals surface area (Å²) >= 11 is 0. The molecule has 1 aromatic heterocycles. The van der Waals surface area contributed by atoms with Gasteiger partial charge in [-0.15, -0.1) is 0 Å². The van der Waals surface area contributed by atoms with Gasteiger partial charge >= 0.3 is 0 Å². The van der Waals surface area contributed by atoms with Gasteiger partial charge in [-0.3, -0.25) is 4.79 Å². The molecule has 0 N–H and O–H groups in total. The molecule has 2 aliphatic heterocycles. The first-order valence-electron chi connectivity index (χ1n) is 10.0. The zero-order valence-corrected chi connectivity index (χ0v) is 15.5. The lowest BCUT2D eigenvalue weighted by Gasteiger charge is -2.44. The van der Waals surface area contributed by atoms with E-state index in [0.29, 0.717) is 12.5 Å². The molecular weight excluding hydrogens is 342 g/mol. The maximum Gasteiger partial charge on any atom is 0.225 e. The van der Waals surface area contributed by atoms with Crippen LogP contribution in [0.2, 0.25) is 0 Å². The molecule has 0 radical (unpaired) electrons. The van der Waals surface area contributed by atoms with Crippen molar-refractivity contribution in [1.82, 2.24) is 4.90 Å². The second-order valence-corrected chi connectivity index (χ2v) is 7.91. The first kappa shape index (κ1) is 16.9. The molecule has 27 heavy (non-hydrogen) atoms. The van der Waals surface area contributed by atoms with Crippen LogP contribution in [-0.2, 0) is 16.1 Å². The van der Waals surface area contributed by atoms with Crippen LogP contribution in [0.4, 0.5) is 0 Å². The second kappa shape index (κ2) is 6.71. The SMILES string of the molecule is O=C(C1CCCC1)N1CCC2(CC1)OCc1cc(-c3ccco3)ccc1O2. The predicted octanol–water partition coefficient (Wildman–Crippen LogP) is 4.36. The van der Waals surface area contributed by atoms with E-state index in [2.05, 4.69) is 6.07 Å². The van der Waals surface area contributed by atoms with Crippen molar-refractivity contribution in [3.05, 3.63) is 42.2 Å². The number of benzene rings is 1. The van der Waals surface area contributed by atoms with Gasteiger partial charge in [-0.1, -0.05) is 12.8 Å². The zero-order chi connectivity index (χ0) is 18.3. The van der Waals surface area contributed by atoms with Crippen molar-refractivity contribution in [2.75, 3.05) is 13.1 Å². The van der Waals surface area contributed by atoms with E-state index < -0.39 is 5.79 Å². The standard InChI is InChI=1S/C22H25NO4/c24-21(16-4-1-2-5-16)23-11-9-22(10-12-23)26-15-18-14-17(7-8-20(18)27-22)19-6-3-13-25-19/h3,6-8,13-14,16H,1-2,4-5,9-12,15H2. The average molecular weight is 367 g/mol. The van der Waals surface area contributed by atoms with E-state index in [1.807, 2.05) is 29.2 Å². The van der Waals surface area contributed by atoms with E-state index >= 15 is 0 Å². The Labute approximate surface area is 159 Å². The van der Waals surface area contributed by atoms with E-state index in [4.69, 9.17) is 13.9 Å². The molecule has 1 aliphatic carbocycles. The van der Waals surface area contributed by atoms with E-state index in [-0.39, 0.29) is 5.92 Å². The van der Waals surface area contributed by atoms with Gasteiger partial charge in [0.25, 0.3) is 0 Å². The van der Waals surface area contributed by atoms with Gasteiger partial charge in [0.1, 0.15) is 11.5 Å². The topological polar surface area (TPSA) is 51.9 Å². The van der Waals surface area contributed by atoms with Crippen LogP contribution < -0.4 is 4.74 Å². The maximum atomic E-state index is 12.7. The fraction of sp³-hybridized carbons (Fsp3) is 0.500. The second-order valence-electron chi connectivity index (χ2n) is 7.91. The minimum Gasteiger partial charge on any atom is -0.464 e. The van der Waals surface area contributed by atoms with Crippen molar-refractivity contribution >= 4 is 5.91 Å². The van der Waals surface area contributed by atoms with Crippen molar-refractivity contribution in [1.29, 1.82) is 0 Å². The molecule has 142 valence electrons. The molecule has 1 amide bonds. The summed E-state index contributed by atoms with van der Waals surface area (Å²) in [6, 6.07) is 9.94. The van der Waals surface area contributed by atoms with Crippen LogP contribution in [0.25, 0.3) is 11.3 Å². The number of hydrogen-bond acceptors (Lipinski definition) is 4. The van der Waals surface area contributed by atoms with E-state index in [1.165, 1.54) is 12.8 Å². The van der Waals surface area contributed by atoms with Gasteiger partial charge < -0.3 is 18.8 Å². The van der Waals surface area contributed by atoms with Crippen LogP contribution in [0.5, 0.6) is 5.75 Å². The summed E-state index contributed by atoms with van der Waals surface area (Å²) in [6.07, 6.45) is 7.62. The molecule has 0 bridgehead atoms. The van der Waals surface area contributed by atoms with Gasteiger partial charge in [0, 0.05) is 43.0 Å². The van der Waals surface area contributed by atoms with Crippen molar-refractivity contribution in [2.45, 2.75) is 50.9 Å². The van der Waals surface area contributed by atoms with Gasteiger partial charge in [-0.2, -0.15) is 0 Å². The third kappa shape index (κ3) is 3.14. The van der Waals surface area contributed by atoms with Crippen LogP contribution >= 0.6 is 0 Å². The Kier molecular flexibility index (Phi) is 4.20. The molecule has 0 unspecified atom stereocenters. The molecule has 1 saturated heterocycles. The normalized spacial score (nSPS) is 21.9. The molecular formula is C22H25NO4. The first-order valence-corrected chi connectivity index (χ1v) is 10.0. The van der Waals surface area contributed by atoms with Crippen LogP contribution in [0.1, 0.15) is 44.1 Å². The summed E-state index contributed by atoms with van der Waals surface area (Å²) in [6.45, 7) is 1.96. The van der Waals surface area contributed by atoms with E-state index in [1.54, 1.807) is 6.26 Å². The number of carbonyl (C=O) groups excluding carboxylic acids is 1. The highest BCUT2D eigenvalue weighted by Gasteiger charge is 2.42. The number of fused-ring (bicyclic) bond motifs is 1. The Morgan fingerprint density at radius 1 is 1.11 bits per heavy atom. The fourth-order valence-corrected chi connectivity index (χ4v) is 4.57. The number of hydrogen-bond donors (Lipinski definition) is 0. The maximum absolute atomic E-state index is 12.7. The Hall–Kier alpha value is -2.27. The number of piperidine rings is 1. The Morgan fingerprint density at radius 3 is 2.67 bits per heavy atom. The average Bonchev–Trinajstić information content (AvgIpc) is 3.42. The Bertz CT molecular complexity index is 815. The van der Waals surface area contributed by atoms with Gasteiger partial charge in [0.05, 0.1) is 12.9 Å². The molecule has 1 saturated carbocycles. The molecule has 1 aromatic carbocycles. The van der Waals surface area contributed by atoms with Crippen LogP contribution in [0, 0.1) is 5.92 Å². The van der Waals surface area contributed by atoms with E-state index in [0.717, 1.165) is 61.4 Å². The number of furan rings is 1. The lowest BCUT2D eigenvalue weighted by molar-refractivity contribution is -0.228. The third-order valence-corrected chi connectivity index (χ3v) is 6.19. The monoisotopic (exact) mass is 367 g/mol. The minimum absolute atomic E-state index is 0.244. The molecule has 2 fully saturated rings. The molecule has 3 aliphatic rings. The number of rotatable bonds is 2. The predicted molar refractivity (Wildman–Crippen MR) is 100 cm³/mol. The van der Waals surface area contributed by atoms with Crippen LogP contribution in [0.3, 0.4) is 0 Å². The summed E-state index contributed by atoms with van der Waals surface area (Å²) in [7, 11) is 0. The molecule has 5 nitrogen and oxygen atoms in total. The Morgan fingerprint density at radius 2 is 1.93 bits per heavy atom. The molecule has 1 spiro atoms. The van der Waals surface area contributed by atoms with Crippen molar-refractivity contribution < 1.29 is 18.7 Å². The number of carbonyl (C=O) groups is 1. The largest absolute Gasteiger partial charge is 0.464 e. The third-order valence-electron chi connectivity index (χ3n) is 6.19. The lowest BCUT2D eigenvalue weighted by atomic mass is 9.98. The van der Waals surface area contributed by atoms with Crippen LogP contribution in [-0.4, -0.2) is 29.7 Å². The summed E-state index contributed by atoms with van der Waals surface area (Å²) in [5, 5.41) is 0. The number of amides is 1. The summed E-state index contributed by atoms with van der Waals surface area (Å²) in [5.41, 5.74) is 2.07. The number of likely N-dealkylation sites (tertiary alicyclic amines) is 1. The van der Waals surface area contributed by atoms with Crippen molar-refractivity contribution in [3.8, 4) is 17.1 Å². The molecule has 2 aromatic rings. The van der Waals surface area contributed by atoms with Gasteiger partial charge in [0.2, 0.25) is 11.7 Å². The summed E-state index contributed by atoms with van der Waals surface area (Å²) < 4.78 is 17.9. The molecule has 3 heterocycles. The van der Waals surface area contributed by atoms with Gasteiger partial charge in [-0.05, 0) is 43.2 Å². The molecule has 0 atom stereocenters.